The van der Waals surface area contributed by atoms with E-state index in [1.54, 1.807) is 18.2 Å². The molecule has 2 aromatic rings. The van der Waals surface area contributed by atoms with Crippen LogP contribution in [0.1, 0.15) is 11.1 Å². The highest BCUT2D eigenvalue weighted by atomic mass is 16.6. The van der Waals surface area contributed by atoms with Crippen LogP contribution in [0.25, 0.3) is 0 Å². The van der Waals surface area contributed by atoms with Gasteiger partial charge < -0.3 is 15.4 Å². The minimum absolute atomic E-state index is 0.00706. The molecule has 1 aliphatic heterocycles. The fourth-order valence-corrected chi connectivity index (χ4v) is 2.65. The van der Waals surface area contributed by atoms with E-state index in [0.29, 0.717) is 12.1 Å². The van der Waals surface area contributed by atoms with Crippen molar-refractivity contribution in [1.82, 2.24) is 10.6 Å². The number of amides is 2. The van der Waals surface area contributed by atoms with E-state index < -0.39 is 4.92 Å². The number of urea groups is 1. The third kappa shape index (κ3) is 3.62. The first-order valence-electron chi connectivity index (χ1n) is 7.62. The quantitative estimate of drug-likeness (QED) is 0.651. The van der Waals surface area contributed by atoms with E-state index in [1.807, 2.05) is 24.3 Å². The summed E-state index contributed by atoms with van der Waals surface area (Å²) < 4.78 is 5.74. The SMILES string of the molecule is O=C(NCc1ccccc1[N+](=O)[O-])NCC1Cc2ccccc2O1. The van der Waals surface area contributed by atoms with E-state index >= 15 is 0 Å². The van der Waals surface area contributed by atoms with Crippen molar-refractivity contribution in [2.45, 2.75) is 19.1 Å². The van der Waals surface area contributed by atoms with E-state index in [-0.39, 0.29) is 24.4 Å². The van der Waals surface area contributed by atoms with Crippen LogP contribution in [0.3, 0.4) is 0 Å². The number of nitrogens with one attached hydrogen (secondary N) is 2. The molecule has 124 valence electrons. The topological polar surface area (TPSA) is 93.5 Å². The van der Waals surface area contributed by atoms with Crippen molar-refractivity contribution in [3.05, 3.63) is 69.8 Å². The van der Waals surface area contributed by atoms with Gasteiger partial charge in [-0.15, -0.1) is 0 Å². The molecule has 2 amide bonds. The second-order valence-corrected chi connectivity index (χ2v) is 5.50. The number of nitro benzene ring substituents is 1. The largest absolute Gasteiger partial charge is 0.488 e. The maximum Gasteiger partial charge on any atom is 0.315 e. The van der Waals surface area contributed by atoms with Crippen molar-refractivity contribution in [2.24, 2.45) is 0 Å². The van der Waals surface area contributed by atoms with Gasteiger partial charge >= 0.3 is 6.03 Å². The van der Waals surface area contributed by atoms with E-state index in [1.165, 1.54) is 6.07 Å². The van der Waals surface area contributed by atoms with Gasteiger partial charge in [-0.3, -0.25) is 10.1 Å². The minimum Gasteiger partial charge on any atom is -0.488 e. The molecule has 2 aromatic carbocycles. The smallest absolute Gasteiger partial charge is 0.315 e. The van der Waals surface area contributed by atoms with Crippen LogP contribution < -0.4 is 15.4 Å². The number of rotatable bonds is 5. The number of carbonyl (C=O) groups excluding carboxylic acids is 1. The zero-order chi connectivity index (χ0) is 16.9. The lowest BCUT2D eigenvalue weighted by Gasteiger charge is -2.12. The monoisotopic (exact) mass is 327 g/mol. The molecule has 0 aromatic heterocycles. The number of nitrogens with zero attached hydrogens (tertiary/aromatic N) is 1. The van der Waals surface area contributed by atoms with E-state index in [0.717, 1.165) is 17.7 Å². The van der Waals surface area contributed by atoms with Gasteiger partial charge in [-0.2, -0.15) is 0 Å². The molecule has 0 saturated carbocycles. The maximum absolute atomic E-state index is 11.9. The molecule has 24 heavy (non-hydrogen) atoms. The highest BCUT2D eigenvalue weighted by molar-refractivity contribution is 5.74. The number of hydrogen-bond acceptors (Lipinski definition) is 4. The van der Waals surface area contributed by atoms with Gasteiger partial charge in [-0.05, 0) is 11.6 Å². The summed E-state index contributed by atoms with van der Waals surface area (Å²) >= 11 is 0. The molecule has 1 heterocycles. The van der Waals surface area contributed by atoms with E-state index in [4.69, 9.17) is 4.74 Å². The number of nitro groups is 1. The van der Waals surface area contributed by atoms with E-state index in [9.17, 15) is 14.9 Å². The Morgan fingerprint density at radius 3 is 2.71 bits per heavy atom. The molecule has 7 heteroatoms. The van der Waals surface area contributed by atoms with Gasteiger partial charge in [-0.25, -0.2) is 4.79 Å². The third-order valence-electron chi connectivity index (χ3n) is 3.83. The Morgan fingerprint density at radius 1 is 1.17 bits per heavy atom. The average Bonchev–Trinajstić information content (AvgIpc) is 3.01. The zero-order valence-electron chi connectivity index (χ0n) is 12.9. The van der Waals surface area contributed by atoms with Crippen LogP contribution in [0.4, 0.5) is 10.5 Å². The number of carbonyl (C=O) groups is 1. The standard InChI is InChI=1S/C17H17N3O4/c21-17(18-10-13-6-1-3-7-15(13)20(22)23)19-11-14-9-12-5-2-4-8-16(12)24-14/h1-8,14H,9-11H2,(H2,18,19,21). The molecule has 0 spiro atoms. The van der Waals surface area contributed by atoms with Crippen LogP contribution in [-0.2, 0) is 13.0 Å². The first-order chi connectivity index (χ1) is 11.6. The van der Waals surface area contributed by atoms with E-state index in [2.05, 4.69) is 10.6 Å². The second kappa shape index (κ2) is 6.99. The Kier molecular flexibility index (Phi) is 4.60. The summed E-state index contributed by atoms with van der Waals surface area (Å²) in [5.41, 5.74) is 1.58. The normalized spacial score (nSPS) is 15.2. The molecule has 1 atom stereocenters. The lowest BCUT2D eigenvalue weighted by atomic mass is 10.1. The third-order valence-corrected chi connectivity index (χ3v) is 3.83. The van der Waals surface area contributed by atoms with Crippen molar-refractivity contribution in [3.63, 3.8) is 0 Å². The molecule has 7 nitrogen and oxygen atoms in total. The van der Waals surface area contributed by atoms with Gasteiger partial charge in [0.05, 0.1) is 18.0 Å². The zero-order valence-corrected chi connectivity index (χ0v) is 12.9. The van der Waals surface area contributed by atoms with Crippen molar-refractivity contribution in [2.75, 3.05) is 6.54 Å². The predicted octanol–water partition coefficient (Wildman–Crippen LogP) is 2.40. The Bertz CT molecular complexity index is 738. The fraction of sp³-hybridized carbons (Fsp3) is 0.235. The van der Waals surface area contributed by atoms with Gasteiger partial charge in [-0.1, -0.05) is 36.4 Å². The first kappa shape index (κ1) is 15.8. The molecule has 0 aliphatic carbocycles. The lowest BCUT2D eigenvalue weighted by Crippen LogP contribution is -2.40. The van der Waals surface area contributed by atoms with Crippen LogP contribution in [-0.4, -0.2) is 23.6 Å². The number of para-hydroxylation sites is 2. The van der Waals surface area contributed by atoms with Gasteiger partial charge in [0.2, 0.25) is 0 Å². The van der Waals surface area contributed by atoms with Crippen molar-refractivity contribution in [1.29, 1.82) is 0 Å². The second-order valence-electron chi connectivity index (χ2n) is 5.50. The molecule has 0 bridgehead atoms. The molecule has 3 rings (SSSR count). The predicted molar refractivity (Wildman–Crippen MR) is 87.9 cm³/mol. The van der Waals surface area contributed by atoms with Gasteiger partial charge in [0.1, 0.15) is 11.9 Å². The number of hydrogen-bond donors (Lipinski definition) is 2. The summed E-state index contributed by atoms with van der Waals surface area (Å²) in [6.07, 6.45) is 0.653. The van der Waals surface area contributed by atoms with Crippen LogP contribution >= 0.6 is 0 Å². The number of fused-ring (bicyclic) bond motifs is 1. The number of ether oxygens (including phenoxy) is 1. The van der Waals surface area contributed by atoms with Gasteiger partial charge in [0.25, 0.3) is 5.69 Å². The Balaban J connectivity index is 1.47. The number of benzene rings is 2. The van der Waals surface area contributed by atoms with Crippen LogP contribution in [0.2, 0.25) is 0 Å². The summed E-state index contributed by atoms with van der Waals surface area (Å²) in [5, 5.41) is 16.3. The van der Waals surface area contributed by atoms with Crippen LogP contribution in [0.5, 0.6) is 5.75 Å². The summed E-state index contributed by atoms with van der Waals surface area (Å²) in [6, 6.07) is 13.7. The molecule has 1 unspecified atom stereocenters. The summed E-state index contributed by atoms with van der Waals surface area (Å²) in [6.45, 7) is 0.464. The van der Waals surface area contributed by atoms with Gasteiger partial charge in [0, 0.05) is 18.1 Å². The molecule has 0 radical (unpaired) electrons. The fourth-order valence-electron chi connectivity index (χ4n) is 2.65. The molecular formula is C17H17N3O4. The maximum atomic E-state index is 11.9. The highest BCUT2D eigenvalue weighted by Crippen LogP contribution is 2.27. The Hall–Kier alpha value is -3.09. The minimum atomic E-state index is -0.460. The van der Waals surface area contributed by atoms with Crippen molar-refractivity contribution < 1.29 is 14.5 Å². The molecule has 1 aliphatic rings. The highest BCUT2D eigenvalue weighted by Gasteiger charge is 2.22. The molecule has 0 fully saturated rings. The summed E-state index contributed by atoms with van der Waals surface area (Å²) in [4.78, 5) is 22.4. The van der Waals surface area contributed by atoms with Gasteiger partial charge in [0.15, 0.2) is 0 Å². The molecular weight excluding hydrogens is 310 g/mol. The summed E-state index contributed by atoms with van der Waals surface area (Å²) in [5.74, 6) is 0.851. The Morgan fingerprint density at radius 2 is 1.92 bits per heavy atom. The summed E-state index contributed by atoms with van der Waals surface area (Å²) in [7, 11) is 0. The average molecular weight is 327 g/mol. The van der Waals surface area contributed by atoms with Crippen molar-refractivity contribution in [3.8, 4) is 5.75 Å². The first-order valence-corrected chi connectivity index (χ1v) is 7.62. The molecule has 0 saturated heterocycles. The van der Waals surface area contributed by atoms with Crippen LogP contribution in [0, 0.1) is 10.1 Å². The van der Waals surface area contributed by atoms with Crippen molar-refractivity contribution >= 4 is 11.7 Å². The Labute approximate surface area is 138 Å². The lowest BCUT2D eigenvalue weighted by molar-refractivity contribution is -0.385. The molecule has 2 N–H and O–H groups in total. The van der Waals surface area contributed by atoms with Crippen LogP contribution in [0.15, 0.2) is 48.5 Å².